The van der Waals surface area contributed by atoms with E-state index in [9.17, 15) is 18.0 Å². The van der Waals surface area contributed by atoms with Crippen LogP contribution in [0.1, 0.15) is 39.2 Å². The molecule has 0 saturated carbocycles. The van der Waals surface area contributed by atoms with Crippen LogP contribution in [0.15, 0.2) is 42.5 Å². The van der Waals surface area contributed by atoms with Gasteiger partial charge in [0.2, 0.25) is 21.8 Å². The summed E-state index contributed by atoms with van der Waals surface area (Å²) in [6, 6.07) is 10.7. The monoisotopic (exact) mass is 553 g/mol. The highest BCUT2D eigenvalue weighted by Gasteiger charge is 2.32. The number of carbonyl (C=O) groups excluding carboxylic acids is 2. The van der Waals surface area contributed by atoms with Crippen LogP contribution in [0.5, 0.6) is 11.5 Å². The molecule has 204 valence electrons. The molecule has 9 nitrogen and oxygen atoms in total. The third-order valence-corrected chi connectivity index (χ3v) is 7.38. The van der Waals surface area contributed by atoms with Gasteiger partial charge in [0.1, 0.15) is 12.6 Å². The van der Waals surface area contributed by atoms with Crippen molar-refractivity contribution in [2.75, 3.05) is 31.3 Å². The van der Waals surface area contributed by atoms with Gasteiger partial charge in [-0.05, 0) is 49.6 Å². The Morgan fingerprint density at radius 1 is 1.00 bits per heavy atom. The number of methoxy groups -OCH3 is 2. The van der Waals surface area contributed by atoms with Gasteiger partial charge in [0.05, 0.1) is 26.2 Å². The molecule has 0 saturated heterocycles. The molecule has 0 aliphatic carbocycles. The average molecular weight is 554 g/mol. The Morgan fingerprint density at radius 3 is 2.14 bits per heavy atom. The summed E-state index contributed by atoms with van der Waals surface area (Å²) in [6.45, 7) is 5.25. The molecule has 0 aromatic heterocycles. The van der Waals surface area contributed by atoms with Crippen molar-refractivity contribution >= 4 is 39.1 Å². The first-order valence-corrected chi connectivity index (χ1v) is 14.2. The molecule has 0 radical (unpaired) electrons. The summed E-state index contributed by atoms with van der Waals surface area (Å²) in [4.78, 5) is 28.3. The Hall–Kier alpha value is -2.98. The van der Waals surface area contributed by atoms with E-state index in [1.165, 1.54) is 31.3 Å². The molecule has 2 amide bonds. The van der Waals surface area contributed by atoms with Crippen molar-refractivity contribution < 1.29 is 27.5 Å². The van der Waals surface area contributed by atoms with Gasteiger partial charge in [-0.3, -0.25) is 13.9 Å². The predicted molar refractivity (Wildman–Crippen MR) is 146 cm³/mol. The van der Waals surface area contributed by atoms with Gasteiger partial charge in [0.25, 0.3) is 0 Å². The minimum absolute atomic E-state index is 0.0756. The number of benzene rings is 2. The van der Waals surface area contributed by atoms with Crippen molar-refractivity contribution in [3.63, 3.8) is 0 Å². The second-order valence-electron chi connectivity index (χ2n) is 8.70. The summed E-state index contributed by atoms with van der Waals surface area (Å²) in [5.41, 5.74) is 0.988. The smallest absolute Gasteiger partial charge is 0.244 e. The lowest BCUT2D eigenvalue weighted by molar-refractivity contribution is -0.140. The molecule has 0 spiro atoms. The number of amides is 2. The summed E-state index contributed by atoms with van der Waals surface area (Å²) in [5, 5.41) is 3.48. The quantitative estimate of drug-likeness (QED) is 0.404. The number of carbonyl (C=O) groups is 2. The molecule has 0 heterocycles. The van der Waals surface area contributed by atoms with Crippen molar-refractivity contribution in [3.05, 3.63) is 53.1 Å². The van der Waals surface area contributed by atoms with Crippen molar-refractivity contribution in [3.8, 4) is 11.5 Å². The number of anilines is 1. The van der Waals surface area contributed by atoms with Crippen LogP contribution >= 0.6 is 11.6 Å². The maximum absolute atomic E-state index is 13.7. The standard InChI is InChI=1S/C26H36ClN3O6S/c1-7-18(3)28-26(32)22(8-2)29(16-19-9-11-20(27)12-10-19)25(31)17-30(37(6,33)34)21-13-14-23(35-4)24(15-21)36-5/h9-15,18,22H,7-8,16-17H2,1-6H3,(H,28,32)/t18-,22-/m1/s1. The number of ether oxygens (including phenoxy) is 2. The average Bonchev–Trinajstić information content (AvgIpc) is 2.86. The molecule has 0 bridgehead atoms. The predicted octanol–water partition coefficient (Wildman–Crippen LogP) is 3.85. The number of rotatable bonds is 13. The fraction of sp³-hybridized carbons (Fsp3) is 0.462. The second-order valence-corrected chi connectivity index (χ2v) is 11.0. The van der Waals surface area contributed by atoms with E-state index in [0.29, 0.717) is 22.9 Å². The SMILES string of the molecule is CC[C@@H](C)NC(=O)[C@@H](CC)N(Cc1ccc(Cl)cc1)C(=O)CN(c1ccc(OC)c(OC)c1)S(C)(=O)=O. The van der Waals surface area contributed by atoms with Crippen LogP contribution in [0, 0.1) is 0 Å². The van der Waals surface area contributed by atoms with Crippen LogP contribution in [0.2, 0.25) is 5.02 Å². The molecule has 0 fully saturated rings. The lowest BCUT2D eigenvalue weighted by Crippen LogP contribution is -2.53. The normalized spacial score (nSPS) is 12.8. The summed E-state index contributed by atoms with van der Waals surface area (Å²) in [5.74, 6) is -0.0841. The zero-order valence-electron chi connectivity index (χ0n) is 22.2. The number of halogens is 1. The molecule has 2 aromatic rings. The Balaban J connectivity index is 2.48. The lowest BCUT2D eigenvalue weighted by Gasteiger charge is -2.33. The van der Waals surface area contributed by atoms with Gasteiger partial charge in [0, 0.05) is 23.7 Å². The van der Waals surface area contributed by atoms with Gasteiger partial charge in [-0.2, -0.15) is 0 Å². The molecule has 11 heteroatoms. The van der Waals surface area contributed by atoms with Crippen molar-refractivity contribution in [2.24, 2.45) is 0 Å². The minimum atomic E-state index is -3.87. The van der Waals surface area contributed by atoms with Crippen LogP contribution in [0.25, 0.3) is 0 Å². The third kappa shape index (κ3) is 8.26. The van der Waals surface area contributed by atoms with Gasteiger partial charge in [-0.25, -0.2) is 8.42 Å². The van der Waals surface area contributed by atoms with E-state index < -0.39 is 28.5 Å². The minimum Gasteiger partial charge on any atom is -0.493 e. The fourth-order valence-corrected chi connectivity index (χ4v) is 4.71. The van der Waals surface area contributed by atoms with E-state index in [4.69, 9.17) is 21.1 Å². The maximum Gasteiger partial charge on any atom is 0.244 e. The highest BCUT2D eigenvalue weighted by Crippen LogP contribution is 2.32. The topological polar surface area (TPSA) is 105 Å². The molecule has 2 rings (SSSR count). The first kappa shape index (κ1) is 30.2. The zero-order valence-corrected chi connectivity index (χ0v) is 23.7. The van der Waals surface area contributed by atoms with Crippen molar-refractivity contribution in [1.29, 1.82) is 0 Å². The fourth-order valence-electron chi connectivity index (χ4n) is 3.74. The van der Waals surface area contributed by atoms with Gasteiger partial charge in [-0.15, -0.1) is 0 Å². The molecule has 0 aliphatic heterocycles. The van der Waals surface area contributed by atoms with Gasteiger partial charge < -0.3 is 19.7 Å². The molecule has 0 aliphatic rings. The maximum atomic E-state index is 13.7. The van der Waals surface area contributed by atoms with E-state index in [2.05, 4.69) is 5.32 Å². The number of hydrogen-bond acceptors (Lipinski definition) is 6. The number of nitrogens with zero attached hydrogens (tertiary/aromatic N) is 2. The molecule has 2 aromatic carbocycles. The lowest BCUT2D eigenvalue weighted by atomic mass is 10.1. The van der Waals surface area contributed by atoms with Crippen molar-refractivity contribution in [2.45, 2.75) is 52.2 Å². The zero-order chi connectivity index (χ0) is 27.8. The largest absolute Gasteiger partial charge is 0.493 e. The van der Waals surface area contributed by atoms with Crippen LogP contribution in [0.3, 0.4) is 0 Å². The number of hydrogen-bond donors (Lipinski definition) is 1. The molecular weight excluding hydrogens is 518 g/mol. The third-order valence-electron chi connectivity index (χ3n) is 5.99. The van der Waals surface area contributed by atoms with Gasteiger partial charge in [0.15, 0.2) is 11.5 Å². The van der Waals surface area contributed by atoms with E-state index in [-0.39, 0.29) is 24.2 Å². The Kier molecular flexibility index (Phi) is 11.1. The summed E-state index contributed by atoms with van der Waals surface area (Å²) >= 11 is 6.02. The molecule has 0 unspecified atom stereocenters. The van der Waals surface area contributed by atoms with Gasteiger partial charge >= 0.3 is 0 Å². The first-order valence-electron chi connectivity index (χ1n) is 12.0. The van der Waals surface area contributed by atoms with Crippen LogP contribution in [-0.4, -0.2) is 64.2 Å². The Morgan fingerprint density at radius 2 is 1.62 bits per heavy atom. The van der Waals surface area contributed by atoms with Crippen LogP contribution < -0.4 is 19.1 Å². The number of sulfonamides is 1. The van der Waals surface area contributed by atoms with E-state index >= 15 is 0 Å². The van der Waals surface area contributed by atoms with E-state index in [1.54, 1.807) is 30.3 Å². The first-order chi connectivity index (χ1) is 17.4. The molecule has 1 N–H and O–H groups in total. The van der Waals surface area contributed by atoms with Crippen molar-refractivity contribution in [1.82, 2.24) is 10.2 Å². The second kappa shape index (κ2) is 13.5. The van der Waals surface area contributed by atoms with E-state index in [1.807, 2.05) is 20.8 Å². The van der Waals surface area contributed by atoms with Crippen LogP contribution in [-0.2, 0) is 26.2 Å². The van der Waals surface area contributed by atoms with E-state index in [0.717, 1.165) is 22.5 Å². The molecular formula is C26H36ClN3O6S. The summed E-state index contributed by atoms with van der Waals surface area (Å²) < 4.78 is 37.1. The van der Waals surface area contributed by atoms with Crippen LogP contribution in [0.4, 0.5) is 5.69 Å². The molecule has 2 atom stereocenters. The number of nitrogens with one attached hydrogen (secondary N) is 1. The highest BCUT2D eigenvalue weighted by atomic mass is 35.5. The summed E-state index contributed by atoms with van der Waals surface area (Å²) in [6.07, 6.45) is 2.10. The highest BCUT2D eigenvalue weighted by molar-refractivity contribution is 7.92. The Labute approximate surface area is 224 Å². The summed E-state index contributed by atoms with van der Waals surface area (Å²) in [7, 11) is -0.964. The molecule has 37 heavy (non-hydrogen) atoms. The van der Waals surface area contributed by atoms with Gasteiger partial charge in [-0.1, -0.05) is 37.6 Å². The Bertz CT molecular complexity index is 1170.